The van der Waals surface area contributed by atoms with Crippen molar-refractivity contribution in [3.05, 3.63) is 0 Å². The van der Waals surface area contributed by atoms with Crippen LogP contribution in [0.5, 0.6) is 0 Å². The third kappa shape index (κ3) is 0.936. The molecule has 3 saturated carbocycles. The molecule has 4 atom stereocenters. The third-order valence-electron chi connectivity index (χ3n) is 5.31. The number of hydrogen-bond acceptors (Lipinski definition) is 1. The summed E-state index contributed by atoms with van der Waals surface area (Å²) in [7, 11) is 0. The van der Waals surface area contributed by atoms with Crippen LogP contribution in [0.3, 0.4) is 0 Å². The fraction of sp³-hybridized carbons (Fsp3) is 0.923. The van der Waals surface area contributed by atoms with E-state index in [2.05, 4.69) is 6.92 Å². The van der Waals surface area contributed by atoms with Crippen molar-refractivity contribution < 1.29 is 4.79 Å². The lowest BCUT2D eigenvalue weighted by atomic mass is 9.65. The molecule has 0 N–H and O–H groups in total. The van der Waals surface area contributed by atoms with E-state index < -0.39 is 0 Å². The predicted octanol–water partition coefficient (Wildman–Crippen LogP) is 3.18. The van der Waals surface area contributed by atoms with Crippen LogP contribution in [0.1, 0.15) is 51.9 Å². The van der Waals surface area contributed by atoms with Crippen molar-refractivity contribution in [2.45, 2.75) is 51.9 Å². The topological polar surface area (TPSA) is 17.1 Å². The minimum absolute atomic E-state index is 0.466. The van der Waals surface area contributed by atoms with Crippen molar-refractivity contribution in [1.29, 1.82) is 0 Å². The summed E-state index contributed by atoms with van der Waals surface area (Å²) in [6.45, 7) is 2.30. The normalized spacial score (nSPS) is 51.8. The lowest BCUT2D eigenvalue weighted by Gasteiger charge is -2.39. The van der Waals surface area contributed by atoms with Crippen LogP contribution >= 0.6 is 0 Å². The molecular formula is C13H20O. The Morgan fingerprint density at radius 1 is 1.21 bits per heavy atom. The largest absolute Gasteiger partial charge is 0.299 e. The zero-order chi connectivity index (χ0) is 9.76. The van der Waals surface area contributed by atoms with E-state index in [4.69, 9.17) is 0 Å². The van der Waals surface area contributed by atoms with Gasteiger partial charge in [-0.2, -0.15) is 0 Å². The molecule has 0 saturated heterocycles. The van der Waals surface area contributed by atoms with Crippen LogP contribution in [0.4, 0.5) is 0 Å². The summed E-state index contributed by atoms with van der Waals surface area (Å²) in [6, 6.07) is 0. The first-order valence-electron chi connectivity index (χ1n) is 6.27. The second kappa shape index (κ2) is 2.84. The zero-order valence-corrected chi connectivity index (χ0v) is 9.09. The maximum Gasteiger partial charge on any atom is 0.137 e. The summed E-state index contributed by atoms with van der Waals surface area (Å²) in [5, 5.41) is 0. The molecule has 0 unspecified atom stereocenters. The predicted molar refractivity (Wildman–Crippen MR) is 55.9 cm³/mol. The number of Topliss-reactive ketones (excluding diaryl/α,β-unsaturated/α-hetero) is 1. The number of rotatable bonds is 0. The van der Waals surface area contributed by atoms with E-state index in [0.29, 0.717) is 23.0 Å². The second-order valence-corrected chi connectivity index (χ2v) is 5.84. The highest BCUT2D eigenvalue weighted by molar-refractivity contribution is 5.85. The van der Waals surface area contributed by atoms with Gasteiger partial charge in [0, 0.05) is 12.3 Å². The monoisotopic (exact) mass is 192 g/mol. The Morgan fingerprint density at radius 3 is 2.93 bits per heavy atom. The number of ketones is 1. The highest BCUT2D eigenvalue weighted by atomic mass is 16.1. The van der Waals surface area contributed by atoms with Gasteiger partial charge in [0.25, 0.3) is 0 Å². The van der Waals surface area contributed by atoms with Crippen molar-refractivity contribution >= 4 is 5.78 Å². The van der Waals surface area contributed by atoms with Crippen LogP contribution in [0.2, 0.25) is 0 Å². The number of carbonyl (C=O) groups excluding carboxylic acids is 1. The van der Waals surface area contributed by atoms with Gasteiger partial charge in [-0.1, -0.05) is 19.8 Å². The van der Waals surface area contributed by atoms with Gasteiger partial charge < -0.3 is 0 Å². The summed E-state index contributed by atoms with van der Waals surface area (Å²) in [4.78, 5) is 12.0. The Morgan fingerprint density at radius 2 is 2.07 bits per heavy atom. The Kier molecular flexibility index (Phi) is 1.81. The lowest BCUT2D eigenvalue weighted by molar-refractivity contribution is -0.122. The summed E-state index contributed by atoms with van der Waals surface area (Å²) >= 11 is 0. The van der Waals surface area contributed by atoms with E-state index in [1.165, 1.54) is 38.5 Å². The van der Waals surface area contributed by atoms with Gasteiger partial charge in [-0.05, 0) is 42.9 Å². The molecule has 1 nitrogen and oxygen atoms in total. The quantitative estimate of drug-likeness (QED) is 0.576. The van der Waals surface area contributed by atoms with Crippen molar-refractivity contribution in [1.82, 2.24) is 0 Å². The molecule has 0 heterocycles. The Balaban J connectivity index is 1.99. The van der Waals surface area contributed by atoms with Gasteiger partial charge in [0.1, 0.15) is 5.78 Å². The molecule has 1 spiro atoms. The maximum absolute atomic E-state index is 12.0. The molecule has 0 bridgehead atoms. The summed E-state index contributed by atoms with van der Waals surface area (Å²) in [5.74, 6) is 2.54. The van der Waals surface area contributed by atoms with E-state index in [1.807, 2.05) is 0 Å². The molecule has 0 aromatic carbocycles. The SMILES string of the molecule is C[C@H]1CC[C@@]23CCCC[C@@H]2CC(=O)[C@@H]13. The molecule has 0 amide bonds. The number of hydrogen-bond donors (Lipinski definition) is 0. The maximum atomic E-state index is 12.0. The van der Waals surface area contributed by atoms with Gasteiger partial charge in [-0.3, -0.25) is 4.79 Å². The Bertz CT molecular complexity index is 266. The summed E-state index contributed by atoms with van der Waals surface area (Å²) in [6.07, 6.45) is 9.05. The zero-order valence-electron chi connectivity index (χ0n) is 9.09. The molecule has 3 aliphatic rings. The van der Waals surface area contributed by atoms with Crippen molar-refractivity contribution in [2.24, 2.45) is 23.2 Å². The van der Waals surface area contributed by atoms with Gasteiger partial charge >= 0.3 is 0 Å². The van der Waals surface area contributed by atoms with Crippen molar-refractivity contribution in [2.75, 3.05) is 0 Å². The second-order valence-electron chi connectivity index (χ2n) is 5.84. The van der Waals surface area contributed by atoms with Crippen LogP contribution < -0.4 is 0 Å². The molecule has 3 fully saturated rings. The summed E-state index contributed by atoms with van der Waals surface area (Å²) in [5.41, 5.74) is 0.495. The van der Waals surface area contributed by atoms with Gasteiger partial charge in [0.2, 0.25) is 0 Å². The smallest absolute Gasteiger partial charge is 0.137 e. The third-order valence-corrected chi connectivity index (χ3v) is 5.31. The number of carbonyl (C=O) groups is 1. The lowest BCUT2D eigenvalue weighted by Crippen LogP contribution is -2.33. The average Bonchev–Trinajstić information content (AvgIpc) is 2.63. The fourth-order valence-corrected chi connectivity index (χ4v) is 4.77. The van der Waals surface area contributed by atoms with Gasteiger partial charge in [0.15, 0.2) is 0 Å². The van der Waals surface area contributed by atoms with E-state index in [1.54, 1.807) is 0 Å². The molecule has 0 aliphatic heterocycles. The molecule has 0 aromatic rings. The first-order chi connectivity index (χ1) is 6.74. The highest BCUT2D eigenvalue weighted by Gasteiger charge is 2.59. The molecule has 0 radical (unpaired) electrons. The summed E-state index contributed by atoms with van der Waals surface area (Å²) < 4.78 is 0. The first kappa shape index (κ1) is 8.94. The average molecular weight is 192 g/mol. The van der Waals surface area contributed by atoms with E-state index in [9.17, 15) is 4.79 Å². The molecule has 78 valence electrons. The van der Waals surface area contributed by atoms with E-state index in [-0.39, 0.29) is 0 Å². The van der Waals surface area contributed by atoms with Gasteiger partial charge in [0.05, 0.1) is 0 Å². The van der Waals surface area contributed by atoms with E-state index in [0.717, 1.165) is 12.3 Å². The van der Waals surface area contributed by atoms with Gasteiger partial charge in [-0.15, -0.1) is 0 Å². The molecule has 0 aromatic heterocycles. The molecule has 1 heteroatoms. The minimum Gasteiger partial charge on any atom is -0.299 e. The van der Waals surface area contributed by atoms with Crippen LogP contribution in [0, 0.1) is 23.2 Å². The van der Waals surface area contributed by atoms with Crippen LogP contribution in [0.15, 0.2) is 0 Å². The fourth-order valence-electron chi connectivity index (χ4n) is 4.77. The Hall–Kier alpha value is -0.330. The van der Waals surface area contributed by atoms with Crippen molar-refractivity contribution in [3.63, 3.8) is 0 Å². The molecular weight excluding hydrogens is 172 g/mol. The molecule has 14 heavy (non-hydrogen) atoms. The molecule has 3 aliphatic carbocycles. The first-order valence-corrected chi connectivity index (χ1v) is 6.27. The van der Waals surface area contributed by atoms with E-state index >= 15 is 0 Å². The standard InChI is InChI=1S/C13H20O/c1-9-5-7-13-6-3-2-4-10(13)8-11(14)12(9)13/h9-10,12H,2-8H2,1H3/t9-,10+,12+,13-/m0/s1. The minimum atomic E-state index is 0.466. The Labute approximate surface area is 86.3 Å². The highest BCUT2D eigenvalue weighted by Crippen LogP contribution is 2.63. The van der Waals surface area contributed by atoms with Crippen molar-refractivity contribution in [3.8, 4) is 0 Å². The molecule has 3 rings (SSSR count). The van der Waals surface area contributed by atoms with Crippen LogP contribution in [-0.4, -0.2) is 5.78 Å². The van der Waals surface area contributed by atoms with Crippen LogP contribution in [-0.2, 0) is 4.79 Å². The van der Waals surface area contributed by atoms with Crippen LogP contribution in [0.25, 0.3) is 0 Å². The van der Waals surface area contributed by atoms with Gasteiger partial charge in [-0.25, -0.2) is 0 Å².